The van der Waals surface area contributed by atoms with Gasteiger partial charge < -0.3 is 9.64 Å². The molecule has 0 bridgehead atoms. The highest BCUT2D eigenvalue weighted by atomic mass is 35.5. The molecule has 3 aromatic rings. The van der Waals surface area contributed by atoms with Gasteiger partial charge in [-0.1, -0.05) is 41.9 Å². The smallest absolute Gasteiger partial charge is 0.266 e. The van der Waals surface area contributed by atoms with Gasteiger partial charge in [0.15, 0.2) is 5.82 Å². The number of anilines is 1. The quantitative estimate of drug-likeness (QED) is 0.485. The molecule has 4 rings (SSSR count). The van der Waals surface area contributed by atoms with Crippen LogP contribution >= 0.6 is 22.9 Å². The van der Waals surface area contributed by atoms with Gasteiger partial charge in [-0.25, -0.2) is 17.8 Å². The fourth-order valence-corrected chi connectivity index (χ4v) is 5.54. The average molecular weight is 496 g/mol. The van der Waals surface area contributed by atoms with E-state index in [0.717, 1.165) is 51.0 Å². The van der Waals surface area contributed by atoms with Crippen LogP contribution < -0.4 is 9.46 Å². The van der Waals surface area contributed by atoms with E-state index < -0.39 is 20.7 Å². The van der Waals surface area contributed by atoms with E-state index >= 15 is 0 Å². The zero-order valence-corrected chi connectivity index (χ0v) is 19.6. The molecule has 2 heterocycles. The number of likely N-dealkylation sites (tertiary alicyclic amines) is 1. The molecule has 1 aliphatic rings. The Labute approximate surface area is 196 Å². The van der Waals surface area contributed by atoms with Gasteiger partial charge in [0, 0.05) is 31.1 Å². The molecule has 32 heavy (non-hydrogen) atoms. The molecule has 1 aromatic heterocycles. The molecule has 0 spiro atoms. The van der Waals surface area contributed by atoms with Crippen molar-refractivity contribution in [1.29, 1.82) is 0 Å². The van der Waals surface area contributed by atoms with Crippen LogP contribution in [0.5, 0.6) is 5.75 Å². The van der Waals surface area contributed by atoms with Crippen molar-refractivity contribution in [2.24, 2.45) is 0 Å². The third kappa shape index (κ3) is 5.78. The maximum atomic E-state index is 14.6. The van der Waals surface area contributed by atoms with Crippen LogP contribution in [0.4, 0.5) is 10.2 Å². The molecule has 0 amide bonds. The summed E-state index contributed by atoms with van der Waals surface area (Å²) in [6, 6.07) is 12.5. The minimum absolute atomic E-state index is 0.0524. The van der Waals surface area contributed by atoms with Gasteiger partial charge in [0.05, 0.1) is 10.5 Å². The van der Waals surface area contributed by atoms with E-state index in [4.69, 9.17) is 16.3 Å². The molecule has 170 valence electrons. The van der Waals surface area contributed by atoms with E-state index in [1.54, 1.807) is 0 Å². The zero-order valence-electron chi connectivity index (χ0n) is 17.2. The largest absolute Gasteiger partial charge is 0.489 e. The number of sulfonamides is 1. The summed E-state index contributed by atoms with van der Waals surface area (Å²) in [4.78, 5) is 5.70. The second kappa shape index (κ2) is 10.2. The van der Waals surface area contributed by atoms with Crippen LogP contribution in [-0.2, 0) is 16.4 Å². The molecule has 0 radical (unpaired) electrons. The van der Waals surface area contributed by atoms with Crippen LogP contribution in [0.15, 0.2) is 58.3 Å². The second-order valence-electron chi connectivity index (χ2n) is 7.59. The first-order chi connectivity index (χ1) is 15.4. The lowest BCUT2D eigenvalue weighted by molar-refractivity contribution is 0.101. The first-order valence-electron chi connectivity index (χ1n) is 10.2. The number of nitrogens with zero attached hydrogens (tertiary/aromatic N) is 2. The molecule has 2 aromatic carbocycles. The Hall–Kier alpha value is -2.20. The van der Waals surface area contributed by atoms with Gasteiger partial charge in [0.2, 0.25) is 0 Å². The molecule has 6 nitrogen and oxygen atoms in total. The highest BCUT2D eigenvalue weighted by Gasteiger charge is 2.25. The van der Waals surface area contributed by atoms with Crippen molar-refractivity contribution in [2.75, 3.05) is 24.4 Å². The number of halogens is 2. The Balaban J connectivity index is 1.34. The number of ether oxygens (including phenoxy) is 1. The Kier molecular flexibility index (Phi) is 7.30. The molecule has 0 aliphatic carbocycles. The van der Waals surface area contributed by atoms with Crippen molar-refractivity contribution in [2.45, 2.75) is 30.3 Å². The predicted octanol–water partition coefficient (Wildman–Crippen LogP) is 4.82. The molecule has 1 fully saturated rings. The summed E-state index contributed by atoms with van der Waals surface area (Å²) in [6.45, 7) is 2.73. The topological polar surface area (TPSA) is 71.5 Å². The molecular weight excluding hydrogens is 473 g/mol. The molecular formula is C22H23ClFN3O3S2. The van der Waals surface area contributed by atoms with Crippen molar-refractivity contribution >= 4 is 38.8 Å². The summed E-state index contributed by atoms with van der Waals surface area (Å²) >= 11 is 7.47. The Morgan fingerprint density at radius 3 is 2.66 bits per heavy atom. The maximum absolute atomic E-state index is 14.6. The molecule has 1 aliphatic heterocycles. The number of hydrogen-bond donors (Lipinski definition) is 1. The van der Waals surface area contributed by atoms with E-state index in [0.29, 0.717) is 0 Å². The lowest BCUT2D eigenvalue weighted by Gasteiger charge is -2.32. The lowest BCUT2D eigenvalue weighted by atomic mass is 10.1. The molecule has 1 N–H and O–H groups in total. The van der Waals surface area contributed by atoms with E-state index in [-0.39, 0.29) is 22.7 Å². The van der Waals surface area contributed by atoms with Gasteiger partial charge in [-0.05, 0) is 30.9 Å². The predicted molar refractivity (Wildman–Crippen MR) is 125 cm³/mol. The number of thiazole rings is 1. The standard InChI is InChI=1S/C22H23ClFN3O3S2/c23-18-12-21(32(28,29)26-22-14-31-15-25-22)19(24)13-20(18)30-17-7-10-27(11-8-17)9-6-16-4-2-1-3-5-16/h1-5,12-15,17,26H,6-11H2. The first-order valence-corrected chi connectivity index (χ1v) is 13.0. The summed E-state index contributed by atoms with van der Waals surface area (Å²) in [6.07, 6.45) is 2.47. The number of nitrogens with one attached hydrogen (secondary N) is 1. The second-order valence-corrected chi connectivity index (χ2v) is 10.4. The monoisotopic (exact) mass is 495 g/mol. The fraction of sp³-hybridized carbons (Fsp3) is 0.318. The molecule has 1 saturated heterocycles. The van der Waals surface area contributed by atoms with Crippen molar-refractivity contribution in [1.82, 2.24) is 9.88 Å². The fourth-order valence-electron chi connectivity index (χ4n) is 3.62. The molecule has 0 unspecified atom stereocenters. The Morgan fingerprint density at radius 2 is 1.97 bits per heavy atom. The highest BCUT2D eigenvalue weighted by Crippen LogP contribution is 2.32. The molecule has 10 heteroatoms. The summed E-state index contributed by atoms with van der Waals surface area (Å²) in [7, 11) is -4.15. The summed E-state index contributed by atoms with van der Waals surface area (Å²) < 4.78 is 47.8. The van der Waals surface area contributed by atoms with Gasteiger partial charge >= 0.3 is 0 Å². The average Bonchev–Trinajstić information content (AvgIpc) is 3.28. The van der Waals surface area contributed by atoms with Crippen LogP contribution in [0.3, 0.4) is 0 Å². The number of benzene rings is 2. The normalized spacial score (nSPS) is 15.6. The van der Waals surface area contributed by atoms with E-state index in [9.17, 15) is 12.8 Å². The minimum Gasteiger partial charge on any atom is -0.489 e. The number of aromatic nitrogens is 1. The minimum atomic E-state index is -4.15. The van der Waals surface area contributed by atoms with Crippen LogP contribution in [0.25, 0.3) is 0 Å². The number of rotatable bonds is 8. The Bertz CT molecular complexity index is 1140. The van der Waals surface area contributed by atoms with Crippen LogP contribution in [0, 0.1) is 5.82 Å². The SMILES string of the molecule is O=S(=O)(Nc1cscn1)c1cc(Cl)c(OC2CCN(CCc3ccccc3)CC2)cc1F. The summed E-state index contributed by atoms with van der Waals surface area (Å²) in [5.74, 6) is -0.642. The van der Waals surface area contributed by atoms with Crippen molar-refractivity contribution in [3.8, 4) is 5.75 Å². The molecule has 0 saturated carbocycles. The maximum Gasteiger partial charge on any atom is 0.266 e. The highest BCUT2D eigenvalue weighted by molar-refractivity contribution is 7.92. The van der Waals surface area contributed by atoms with Crippen molar-refractivity contribution < 1.29 is 17.5 Å². The van der Waals surface area contributed by atoms with E-state index in [1.807, 2.05) is 18.2 Å². The van der Waals surface area contributed by atoms with E-state index in [1.165, 1.54) is 27.8 Å². The molecule has 0 atom stereocenters. The third-order valence-electron chi connectivity index (χ3n) is 5.33. The zero-order chi connectivity index (χ0) is 22.6. The lowest BCUT2D eigenvalue weighted by Crippen LogP contribution is -2.39. The van der Waals surface area contributed by atoms with Gasteiger partial charge in [0.1, 0.15) is 22.6 Å². The van der Waals surface area contributed by atoms with Crippen LogP contribution in [-0.4, -0.2) is 44.0 Å². The van der Waals surface area contributed by atoms with Crippen molar-refractivity contribution in [3.63, 3.8) is 0 Å². The van der Waals surface area contributed by atoms with Crippen LogP contribution in [0.1, 0.15) is 18.4 Å². The van der Waals surface area contributed by atoms with Gasteiger partial charge in [-0.3, -0.25) is 4.72 Å². The third-order valence-corrected chi connectivity index (χ3v) is 7.59. The van der Waals surface area contributed by atoms with Crippen LogP contribution in [0.2, 0.25) is 5.02 Å². The van der Waals surface area contributed by atoms with E-state index in [2.05, 4.69) is 26.7 Å². The number of piperidine rings is 1. The van der Waals surface area contributed by atoms with Gasteiger partial charge in [0.25, 0.3) is 10.0 Å². The first kappa shape index (κ1) is 23.0. The van der Waals surface area contributed by atoms with Gasteiger partial charge in [-0.2, -0.15) is 0 Å². The Morgan fingerprint density at radius 1 is 1.22 bits per heavy atom. The summed E-state index contributed by atoms with van der Waals surface area (Å²) in [5, 5.41) is 1.57. The summed E-state index contributed by atoms with van der Waals surface area (Å²) in [5.41, 5.74) is 2.79. The van der Waals surface area contributed by atoms with Crippen molar-refractivity contribution in [3.05, 3.63) is 69.8 Å². The number of hydrogen-bond acceptors (Lipinski definition) is 6. The van der Waals surface area contributed by atoms with Gasteiger partial charge in [-0.15, -0.1) is 11.3 Å².